The van der Waals surface area contributed by atoms with Crippen molar-refractivity contribution >= 4 is 29.1 Å². The van der Waals surface area contributed by atoms with Crippen molar-refractivity contribution in [3.8, 4) is 0 Å². The summed E-state index contributed by atoms with van der Waals surface area (Å²) in [5, 5.41) is 5.48. The molecule has 0 radical (unpaired) electrons. The molecule has 1 unspecified atom stereocenters. The van der Waals surface area contributed by atoms with E-state index in [0.717, 1.165) is 0 Å². The molecule has 19 heavy (non-hydrogen) atoms. The lowest BCUT2D eigenvalue weighted by Crippen LogP contribution is -2.46. The number of benzene rings is 1. The number of halogens is 1. The van der Waals surface area contributed by atoms with Gasteiger partial charge in [0, 0.05) is 6.04 Å². The third-order valence-electron chi connectivity index (χ3n) is 2.45. The second-order valence-corrected chi connectivity index (χ2v) is 4.95. The smallest absolute Gasteiger partial charge is 0.253 e. The van der Waals surface area contributed by atoms with E-state index in [4.69, 9.17) is 17.3 Å². The summed E-state index contributed by atoms with van der Waals surface area (Å²) in [5.74, 6) is -0.674. The van der Waals surface area contributed by atoms with E-state index < -0.39 is 11.9 Å². The summed E-state index contributed by atoms with van der Waals surface area (Å²) in [6.45, 7) is 5.30. The fourth-order valence-corrected chi connectivity index (χ4v) is 1.69. The van der Waals surface area contributed by atoms with Crippen molar-refractivity contribution in [1.29, 1.82) is 0 Å². The number of amides is 2. The van der Waals surface area contributed by atoms with Crippen LogP contribution in [0.1, 0.15) is 31.1 Å². The first kappa shape index (κ1) is 15.3. The molecule has 0 saturated carbocycles. The van der Waals surface area contributed by atoms with Crippen molar-refractivity contribution in [2.75, 3.05) is 5.73 Å². The highest BCUT2D eigenvalue weighted by molar-refractivity contribution is 6.36. The lowest BCUT2D eigenvalue weighted by atomic mass is 10.1. The first-order valence-electron chi connectivity index (χ1n) is 5.98. The van der Waals surface area contributed by atoms with Crippen LogP contribution >= 0.6 is 11.6 Å². The van der Waals surface area contributed by atoms with Gasteiger partial charge in [0.05, 0.1) is 16.3 Å². The van der Waals surface area contributed by atoms with Gasteiger partial charge in [-0.25, -0.2) is 0 Å². The van der Waals surface area contributed by atoms with Crippen LogP contribution < -0.4 is 16.4 Å². The number of anilines is 1. The number of nitrogens with one attached hydrogen (secondary N) is 2. The van der Waals surface area contributed by atoms with Gasteiger partial charge in [0.2, 0.25) is 5.91 Å². The molecular weight excluding hydrogens is 266 g/mol. The Bertz CT molecular complexity index is 489. The summed E-state index contributed by atoms with van der Waals surface area (Å²) in [6, 6.07) is 4.17. The SMILES string of the molecule is CC(C)NC(=O)C(C)NC(=O)c1cccc(N)c1Cl. The number of rotatable bonds is 4. The van der Waals surface area contributed by atoms with E-state index in [-0.39, 0.29) is 22.5 Å². The molecule has 0 bridgehead atoms. The van der Waals surface area contributed by atoms with Crippen molar-refractivity contribution in [1.82, 2.24) is 10.6 Å². The average Bonchev–Trinajstić information content (AvgIpc) is 2.31. The zero-order chi connectivity index (χ0) is 14.6. The van der Waals surface area contributed by atoms with Gasteiger partial charge in [-0.15, -0.1) is 0 Å². The minimum atomic E-state index is -0.646. The number of hydrogen-bond donors (Lipinski definition) is 3. The summed E-state index contributed by atoms with van der Waals surface area (Å²) in [4.78, 5) is 23.7. The van der Waals surface area contributed by atoms with E-state index in [1.54, 1.807) is 25.1 Å². The van der Waals surface area contributed by atoms with E-state index in [2.05, 4.69) is 10.6 Å². The monoisotopic (exact) mass is 283 g/mol. The Kier molecular flexibility index (Phi) is 5.18. The Morgan fingerprint density at radius 1 is 1.21 bits per heavy atom. The van der Waals surface area contributed by atoms with Gasteiger partial charge in [-0.05, 0) is 32.9 Å². The normalized spacial score (nSPS) is 12.1. The van der Waals surface area contributed by atoms with Crippen molar-refractivity contribution in [3.05, 3.63) is 28.8 Å². The van der Waals surface area contributed by atoms with Gasteiger partial charge in [0.15, 0.2) is 0 Å². The van der Waals surface area contributed by atoms with Crippen molar-refractivity contribution < 1.29 is 9.59 Å². The summed E-state index contributed by atoms with van der Waals surface area (Å²) in [7, 11) is 0. The lowest BCUT2D eigenvalue weighted by molar-refractivity contribution is -0.123. The molecule has 0 fully saturated rings. The van der Waals surface area contributed by atoms with Crippen molar-refractivity contribution in [2.45, 2.75) is 32.9 Å². The van der Waals surface area contributed by atoms with Crippen LogP contribution in [0, 0.1) is 0 Å². The molecule has 0 aliphatic carbocycles. The highest BCUT2D eigenvalue weighted by Crippen LogP contribution is 2.22. The van der Waals surface area contributed by atoms with Crippen LogP contribution in [0.5, 0.6) is 0 Å². The summed E-state index contributed by atoms with van der Waals surface area (Å²) < 4.78 is 0. The fraction of sp³-hybridized carbons (Fsp3) is 0.385. The Morgan fingerprint density at radius 3 is 2.42 bits per heavy atom. The molecule has 1 aromatic rings. The van der Waals surface area contributed by atoms with Gasteiger partial charge in [0.25, 0.3) is 5.91 Å². The lowest BCUT2D eigenvalue weighted by Gasteiger charge is -2.16. The molecule has 0 saturated heterocycles. The largest absolute Gasteiger partial charge is 0.398 e. The average molecular weight is 284 g/mol. The van der Waals surface area contributed by atoms with Crippen LogP contribution in [0.3, 0.4) is 0 Å². The predicted octanol–water partition coefficient (Wildman–Crippen LogP) is 1.57. The zero-order valence-corrected chi connectivity index (χ0v) is 11.9. The van der Waals surface area contributed by atoms with E-state index in [0.29, 0.717) is 5.69 Å². The molecule has 4 N–H and O–H groups in total. The Labute approximate surface area is 117 Å². The Hall–Kier alpha value is -1.75. The quantitative estimate of drug-likeness (QED) is 0.733. The van der Waals surface area contributed by atoms with Crippen molar-refractivity contribution in [2.24, 2.45) is 0 Å². The van der Waals surface area contributed by atoms with Gasteiger partial charge in [-0.1, -0.05) is 17.7 Å². The first-order valence-corrected chi connectivity index (χ1v) is 6.36. The number of nitrogens with two attached hydrogens (primary N) is 1. The van der Waals surface area contributed by atoms with Gasteiger partial charge in [-0.3, -0.25) is 9.59 Å². The fourth-order valence-electron chi connectivity index (χ4n) is 1.47. The summed E-state index contributed by atoms with van der Waals surface area (Å²) in [5.41, 5.74) is 6.21. The summed E-state index contributed by atoms with van der Waals surface area (Å²) >= 11 is 5.95. The molecule has 1 aromatic carbocycles. The van der Waals surface area contributed by atoms with Crippen LogP contribution in [-0.4, -0.2) is 23.9 Å². The molecule has 0 spiro atoms. The summed E-state index contributed by atoms with van der Waals surface area (Å²) in [6.07, 6.45) is 0. The van der Waals surface area contributed by atoms with Crippen LogP contribution in [0.25, 0.3) is 0 Å². The second kappa shape index (κ2) is 6.43. The van der Waals surface area contributed by atoms with Crippen LogP contribution in [0.2, 0.25) is 5.02 Å². The molecule has 0 heterocycles. The molecule has 5 nitrogen and oxygen atoms in total. The highest BCUT2D eigenvalue weighted by Gasteiger charge is 2.19. The second-order valence-electron chi connectivity index (χ2n) is 4.57. The molecule has 104 valence electrons. The van der Waals surface area contributed by atoms with E-state index in [9.17, 15) is 9.59 Å². The third-order valence-corrected chi connectivity index (χ3v) is 2.87. The van der Waals surface area contributed by atoms with E-state index >= 15 is 0 Å². The van der Waals surface area contributed by atoms with Crippen LogP contribution in [-0.2, 0) is 4.79 Å². The number of nitrogen functional groups attached to an aromatic ring is 1. The Balaban J connectivity index is 2.74. The van der Waals surface area contributed by atoms with Crippen molar-refractivity contribution in [3.63, 3.8) is 0 Å². The maximum Gasteiger partial charge on any atom is 0.253 e. The predicted molar refractivity (Wildman–Crippen MR) is 76.1 cm³/mol. The molecule has 0 aliphatic rings. The topological polar surface area (TPSA) is 84.2 Å². The van der Waals surface area contributed by atoms with Gasteiger partial charge in [0.1, 0.15) is 6.04 Å². The molecule has 6 heteroatoms. The van der Waals surface area contributed by atoms with Crippen LogP contribution in [0.4, 0.5) is 5.69 Å². The van der Waals surface area contributed by atoms with Gasteiger partial charge in [-0.2, -0.15) is 0 Å². The number of carbonyl (C=O) groups excluding carboxylic acids is 2. The van der Waals surface area contributed by atoms with E-state index in [1.807, 2.05) is 13.8 Å². The molecule has 0 aromatic heterocycles. The zero-order valence-electron chi connectivity index (χ0n) is 11.2. The molecule has 0 aliphatic heterocycles. The van der Waals surface area contributed by atoms with E-state index in [1.165, 1.54) is 0 Å². The Morgan fingerprint density at radius 2 is 1.84 bits per heavy atom. The molecule has 1 rings (SSSR count). The maximum absolute atomic E-state index is 12.0. The minimum Gasteiger partial charge on any atom is -0.398 e. The first-order chi connectivity index (χ1) is 8.82. The maximum atomic E-state index is 12.0. The van der Waals surface area contributed by atoms with Gasteiger partial charge < -0.3 is 16.4 Å². The molecular formula is C13H18ClN3O2. The number of carbonyl (C=O) groups is 2. The minimum absolute atomic E-state index is 0.0165. The van der Waals surface area contributed by atoms with Crippen LogP contribution in [0.15, 0.2) is 18.2 Å². The third kappa shape index (κ3) is 4.13. The standard InChI is InChI=1S/C13H18ClN3O2/c1-7(2)16-12(18)8(3)17-13(19)9-5-4-6-10(15)11(9)14/h4-8H,15H2,1-3H3,(H,16,18)(H,17,19). The molecule has 2 amide bonds. The van der Waals surface area contributed by atoms with Gasteiger partial charge >= 0.3 is 0 Å². The highest BCUT2D eigenvalue weighted by atomic mass is 35.5. The molecule has 1 atom stereocenters. The number of hydrogen-bond acceptors (Lipinski definition) is 3.